The van der Waals surface area contributed by atoms with Crippen molar-refractivity contribution in [2.45, 2.75) is 25.7 Å². The summed E-state index contributed by atoms with van der Waals surface area (Å²) in [7, 11) is 0. The van der Waals surface area contributed by atoms with Crippen LogP contribution in [0.15, 0.2) is 47.1 Å². The smallest absolute Gasteiger partial charge is 0.351 e. The molecule has 0 fully saturated rings. The number of ether oxygens (including phenoxy) is 3. The Labute approximate surface area is 138 Å². The molecule has 7 heteroatoms. The molecule has 3 rings (SSSR count). The van der Waals surface area contributed by atoms with Gasteiger partial charge in [0.2, 0.25) is 6.10 Å². The molecule has 1 aromatic heterocycles. The molecule has 1 amide bonds. The zero-order chi connectivity index (χ0) is 16.9. The number of carbonyl (C=O) groups excluding carboxylic acids is 2. The predicted molar refractivity (Wildman–Crippen MR) is 82.5 cm³/mol. The lowest BCUT2D eigenvalue weighted by Crippen LogP contribution is -2.42. The van der Waals surface area contributed by atoms with Crippen molar-refractivity contribution in [3.8, 4) is 11.5 Å². The fraction of sp³-hybridized carbons (Fsp3) is 0.294. The van der Waals surface area contributed by atoms with E-state index in [1.807, 2.05) is 6.07 Å². The Morgan fingerprint density at radius 1 is 1.25 bits per heavy atom. The lowest BCUT2D eigenvalue weighted by Gasteiger charge is -2.25. The largest absolute Gasteiger partial charge is 0.485 e. The zero-order valence-corrected chi connectivity index (χ0v) is 13.1. The average molecular weight is 331 g/mol. The van der Waals surface area contributed by atoms with Crippen LogP contribution in [0.2, 0.25) is 0 Å². The summed E-state index contributed by atoms with van der Waals surface area (Å²) in [6.45, 7) is 1.76. The van der Waals surface area contributed by atoms with Gasteiger partial charge in [0.25, 0.3) is 5.91 Å². The highest BCUT2D eigenvalue weighted by atomic mass is 16.6. The molecule has 1 aliphatic rings. The summed E-state index contributed by atoms with van der Waals surface area (Å²) in [5.74, 6) is 0.593. The van der Waals surface area contributed by atoms with E-state index in [1.165, 1.54) is 13.2 Å². The topological polar surface area (TPSA) is 87.0 Å². The molecule has 0 saturated carbocycles. The third-order valence-electron chi connectivity index (χ3n) is 3.45. The molecule has 0 radical (unpaired) electrons. The Bertz CT molecular complexity index is 712. The number of hydrogen-bond acceptors (Lipinski definition) is 6. The minimum Gasteiger partial charge on any atom is -0.485 e. The van der Waals surface area contributed by atoms with Crippen molar-refractivity contribution in [1.82, 2.24) is 5.32 Å². The van der Waals surface area contributed by atoms with Gasteiger partial charge >= 0.3 is 5.97 Å². The van der Waals surface area contributed by atoms with E-state index in [9.17, 15) is 9.59 Å². The van der Waals surface area contributed by atoms with Crippen LogP contribution in [0, 0.1) is 0 Å². The van der Waals surface area contributed by atoms with Crippen molar-refractivity contribution in [3.63, 3.8) is 0 Å². The Morgan fingerprint density at radius 3 is 2.79 bits per heavy atom. The molecule has 0 aliphatic carbocycles. The van der Waals surface area contributed by atoms with E-state index < -0.39 is 24.1 Å². The van der Waals surface area contributed by atoms with Crippen molar-refractivity contribution in [2.75, 3.05) is 6.61 Å². The molecule has 2 atom stereocenters. The van der Waals surface area contributed by atoms with Crippen LogP contribution < -0.4 is 14.8 Å². The van der Waals surface area contributed by atoms with Gasteiger partial charge in [-0.05, 0) is 31.2 Å². The highest BCUT2D eigenvalue weighted by Crippen LogP contribution is 2.31. The second-order valence-electron chi connectivity index (χ2n) is 5.24. The summed E-state index contributed by atoms with van der Waals surface area (Å²) >= 11 is 0. The Balaban J connectivity index is 1.50. The molecule has 24 heavy (non-hydrogen) atoms. The fourth-order valence-corrected chi connectivity index (χ4v) is 2.17. The third kappa shape index (κ3) is 3.68. The minimum absolute atomic E-state index is 0.0383. The Hall–Kier alpha value is -2.96. The van der Waals surface area contributed by atoms with Crippen molar-refractivity contribution in [2.24, 2.45) is 0 Å². The number of fused-ring (bicyclic) bond motifs is 1. The first-order valence-corrected chi connectivity index (χ1v) is 7.52. The van der Waals surface area contributed by atoms with Crippen LogP contribution in [0.5, 0.6) is 11.5 Å². The SMILES string of the molecule is C[C@H](OC(=O)[C@H]1COc2ccccc2O1)C(=O)NCc1ccco1. The van der Waals surface area contributed by atoms with Gasteiger partial charge in [0.05, 0.1) is 12.8 Å². The first kappa shape index (κ1) is 15.9. The van der Waals surface area contributed by atoms with Crippen molar-refractivity contribution >= 4 is 11.9 Å². The van der Waals surface area contributed by atoms with E-state index in [0.717, 1.165) is 0 Å². The molecular formula is C17H17NO6. The zero-order valence-electron chi connectivity index (χ0n) is 13.1. The van der Waals surface area contributed by atoms with E-state index in [2.05, 4.69) is 5.32 Å². The first-order valence-electron chi connectivity index (χ1n) is 7.52. The van der Waals surface area contributed by atoms with Crippen molar-refractivity contribution in [3.05, 3.63) is 48.4 Å². The Morgan fingerprint density at radius 2 is 2.04 bits per heavy atom. The number of carbonyl (C=O) groups is 2. The van der Waals surface area contributed by atoms with Crippen LogP contribution >= 0.6 is 0 Å². The summed E-state index contributed by atoms with van der Waals surface area (Å²) in [5.41, 5.74) is 0. The summed E-state index contributed by atoms with van der Waals surface area (Å²) in [6.07, 6.45) is -0.336. The standard InChI is InChI=1S/C17H17NO6/c1-11(16(19)18-9-12-5-4-8-21-12)23-17(20)15-10-22-13-6-2-3-7-14(13)24-15/h2-8,11,15H,9-10H2,1H3,(H,18,19)/t11-,15+/m0/s1. The molecule has 0 unspecified atom stereocenters. The minimum atomic E-state index is -0.951. The maximum Gasteiger partial charge on any atom is 0.351 e. The molecule has 1 aliphatic heterocycles. The van der Waals surface area contributed by atoms with Crippen LogP contribution in [-0.2, 0) is 20.9 Å². The first-order chi connectivity index (χ1) is 11.6. The maximum atomic E-state index is 12.1. The lowest BCUT2D eigenvalue weighted by atomic mass is 10.2. The number of amides is 1. The molecule has 126 valence electrons. The number of nitrogens with one attached hydrogen (secondary N) is 1. The number of hydrogen-bond donors (Lipinski definition) is 1. The van der Waals surface area contributed by atoms with Crippen LogP contribution in [0.4, 0.5) is 0 Å². The van der Waals surface area contributed by atoms with Gasteiger partial charge in [-0.25, -0.2) is 4.79 Å². The Kier molecular flexibility index (Phi) is 4.69. The maximum absolute atomic E-state index is 12.1. The van der Waals surface area contributed by atoms with Gasteiger partial charge in [0.1, 0.15) is 12.4 Å². The normalized spacial score (nSPS) is 17.0. The quantitative estimate of drug-likeness (QED) is 0.839. The lowest BCUT2D eigenvalue weighted by molar-refractivity contribution is -0.163. The summed E-state index contributed by atoms with van der Waals surface area (Å²) < 4.78 is 21.3. The van der Waals surface area contributed by atoms with Gasteiger partial charge in [-0.1, -0.05) is 12.1 Å². The van der Waals surface area contributed by atoms with Crippen LogP contribution in [0.1, 0.15) is 12.7 Å². The number of rotatable bonds is 5. The van der Waals surface area contributed by atoms with Crippen LogP contribution in [-0.4, -0.2) is 30.7 Å². The molecule has 2 aromatic rings. The second-order valence-corrected chi connectivity index (χ2v) is 5.24. The molecule has 0 spiro atoms. The van der Waals surface area contributed by atoms with Crippen LogP contribution in [0.25, 0.3) is 0 Å². The van der Waals surface area contributed by atoms with Gasteiger partial charge in [-0.15, -0.1) is 0 Å². The van der Waals surface area contributed by atoms with Gasteiger partial charge in [0.15, 0.2) is 17.6 Å². The highest BCUT2D eigenvalue weighted by Gasteiger charge is 2.31. The monoisotopic (exact) mass is 331 g/mol. The fourth-order valence-electron chi connectivity index (χ4n) is 2.17. The van der Waals surface area contributed by atoms with Crippen molar-refractivity contribution in [1.29, 1.82) is 0 Å². The molecule has 1 aromatic carbocycles. The summed E-state index contributed by atoms with van der Waals surface area (Å²) in [5, 5.41) is 2.63. The molecule has 1 N–H and O–H groups in total. The highest BCUT2D eigenvalue weighted by molar-refractivity contribution is 5.84. The molecule has 2 heterocycles. The molecule has 0 bridgehead atoms. The average Bonchev–Trinajstić information content (AvgIpc) is 3.12. The third-order valence-corrected chi connectivity index (χ3v) is 3.45. The van der Waals surface area contributed by atoms with Crippen molar-refractivity contribution < 1.29 is 28.2 Å². The number of furan rings is 1. The van der Waals surface area contributed by atoms with E-state index >= 15 is 0 Å². The number of benzene rings is 1. The van der Waals surface area contributed by atoms with E-state index in [-0.39, 0.29) is 13.2 Å². The second kappa shape index (κ2) is 7.08. The van der Waals surface area contributed by atoms with Gasteiger partial charge in [-0.3, -0.25) is 4.79 Å². The molecular weight excluding hydrogens is 314 g/mol. The predicted octanol–water partition coefficient (Wildman–Crippen LogP) is 1.67. The molecule has 0 saturated heterocycles. The van der Waals surface area contributed by atoms with Gasteiger partial charge < -0.3 is 23.9 Å². The van der Waals surface area contributed by atoms with Gasteiger partial charge in [-0.2, -0.15) is 0 Å². The number of para-hydroxylation sites is 2. The van der Waals surface area contributed by atoms with E-state index in [4.69, 9.17) is 18.6 Å². The summed E-state index contributed by atoms with van der Waals surface area (Å²) in [4.78, 5) is 24.1. The van der Waals surface area contributed by atoms with Gasteiger partial charge in [0, 0.05) is 0 Å². The van der Waals surface area contributed by atoms with E-state index in [1.54, 1.807) is 30.3 Å². The van der Waals surface area contributed by atoms with E-state index in [0.29, 0.717) is 17.3 Å². The van der Waals surface area contributed by atoms with Crippen LogP contribution in [0.3, 0.4) is 0 Å². The number of esters is 1. The molecule has 7 nitrogen and oxygen atoms in total. The summed E-state index contributed by atoms with van der Waals surface area (Å²) in [6, 6.07) is 10.5.